The number of fused-ring (bicyclic) bond motifs is 6. The predicted octanol–water partition coefficient (Wildman–Crippen LogP) is 13.8. The molecule has 3 aromatic heterocycles. The Kier molecular flexibility index (Phi) is 8.46. The maximum atomic E-state index is 8.12. The molecular weight excluding hydrogens is 709 g/mol. The maximum absolute atomic E-state index is 8.12. The molecule has 0 amide bonds. The van der Waals surface area contributed by atoms with Gasteiger partial charge in [0.15, 0.2) is 17.3 Å². The van der Waals surface area contributed by atoms with Gasteiger partial charge in [-0.05, 0) is 81.5 Å². The van der Waals surface area contributed by atoms with Crippen molar-refractivity contribution in [1.29, 1.82) is 0 Å². The van der Waals surface area contributed by atoms with Crippen LogP contribution in [-0.2, 0) is 16.2 Å². The van der Waals surface area contributed by atoms with Crippen LogP contribution in [0.4, 0.5) is 5.69 Å². The van der Waals surface area contributed by atoms with E-state index >= 15 is 0 Å². The second-order valence-corrected chi connectivity index (χ2v) is 18.6. The molecule has 58 heavy (non-hydrogen) atoms. The van der Waals surface area contributed by atoms with Gasteiger partial charge in [-0.15, -0.1) is 0 Å². The molecule has 0 radical (unpaired) electrons. The third-order valence-corrected chi connectivity index (χ3v) is 11.5. The highest BCUT2D eigenvalue weighted by molar-refractivity contribution is 6.11. The summed E-state index contributed by atoms with van der Waals surface area (Å²) in [5.74, 6) is 1.58. The van der Waals surface area contributed by atoms with Crippen LogP contribution in [0.5, 0.6) is 0 Å². The Morgan fingerprint density at radius 3 is 1.45 bits per heavy atom. The average Bonchev–Trinajstić information content (AvgIpc) is 3.72. The van der Waals surface area contributed by atoms with Gasteiger partial charge in [-0.2, -0.15) is 9.97 Å². The fraction of sp³-hybridized carbons (Fsp3) is 0.231. The van der Waals surface area contributed by atoms with Gasteiger partial charge >= 0.3 is 0 Å². The van der Waals surface area contributed by atoms with Crippen molar-refractivity contribution in [3.05, 3.63) is 156 Å². The summed E-state index contributed by atoms with van der Waals surface area (Å²) in [5, 5.41) is 4.63. The molecule has 0 aliphatic carbocycles. The van der Waals surface area contributed by atoms with E-state index in [9.17, 15) is 0 Å². The summed E-state index contributed by atoms with van der Waals surface area (Å²) in [5.41, 5.74) is 11.0. The van der Waals surface area contributed by atoms with Gasteiger partial charge in [-0.25, -0.2) is 9.83 Å². The average molecular weight is 757 g/mol. The van der Waals surface area contributed by atoms with Crippen molar-refractivity contribution in [3.8, 4) is 34.4 Å². The van der Waals surface area contributed by atoms with Crippen LogP contribution in [0.15, 0.2) is 127 Å². The second kappa shape index (κ2) is 13.2. The van der Waals surface area contributed by atoms with E-state index in [1.807, 2.05) is 12.1 Å². The molecule has 0 bridgehead atoms. The summed E-state index contributed by atoms with van der Waals surface area (Å²) in [7, 11) is 0. The summed E-state index contributed by atoms with van der Waals surface area (Å²) < 4.78 is 4.47. The smallest absolute Gasteiger partial charge is 0.238 e. The molecule has 0 N–H and O–H groups in total. The molecule has 0 fully saturated rings. The van der Waals surface area contributed by atoms with Crippen LogP contribution in [0.2, 0.25) is 0 Å². The van der Waals surface area contributed by atoms with Crippen molar-refractivity contribution in [2.45, 2.75) is 78.6 Å². The molecule has 9 rings (SSSR count). The minimum absolute atomic E-state index is 0.00434. The minimum Gasteiger partial charge on any atom is -0.309 e. The van der Waals surface area contributed by atoms with Gasteiger partial charge in [0.2, 0.25) is 5.95 Å². The van der Waals surface area contributed by atoms with Crippen molar-refractivity contribution in [2.24, 2.45) is 0 Å². The van der Waals surface area contributed by atoms with Gasteiger partial charge in [0.1, 0.15) is 0 Å². The molecule has 0 spiro atoms. The number of para-hydroxylation sites is 2. The quantitative estimate of drug-likeness (QED) is 0.168. The van der Waals surface area contributed by atoms with Crippen LogP contribution in [0.1, 0.15) is 79.0 Å². The van der Waals surface area contributed by atoms with Crippen molar-refractivity contribution in [2.75, 3.05) is 0 Å². The van der Waals surface area contributed by atoms with Crippen LogP contribution < -0.4 is 0 Å². The maximum Gasteiger partial charge on any atom is 0.238 e. The number of benzene rings is 6. The Morgan fingerprint density at radius 1 is 0.448 bits per heavy atom. The van der Waals surface area contributed by atoms with Gasteiger partial charge in [0.25, 0.3) is 0 Å². The van der Waals surface area contributed by atoms with Gasteiger partial charge in [-0.1, -0.05) is 141 Å². The highest BCUT2D eigenvalue weighted by atomic mass is 15.2. The van der Waals surface area contributed by atoms with E-state index in [4.69, 9.17) is 21.5 Å². The van der Waals surface area contributed by atoms with Crippen molar-refractivity contribution in [3.63, 3.8) is 0 Å². The van der Waals surface area contributed by atoms with Crippen molar-refractivity contribution in [1.82, 2.24) is 24.1 Å². The first-order chi connectivity index (χ1) is 27.6. The zero-order valence-corrected chi connectivity index (χ0v) is 34.8. The van der Waals surface area contributed by atoms with Gasteiger partial charge in [-0.3, -0.25) is 4.57 Å². The Hall–Kier alpha value is -6.58. The molecule has 3 heterocycles. The summed E-state index contributed by atoms with van der Waals surface area (Å²) in [4.78, 5) is 19.8. The summed E-state index contributed by atoms with van der Waals surface area (Å²) >= 11 is 0. The Balaban J connectivity index is 1.37. The molecular formula is C52H48N6. The zero-order chi connectivity index (χ0) is 40.7. The predicted molar refractivity (Wildman–Crippen MR) is 242 cm³/mol. The summed E-state index contributed by atoms with van der Waals surface area (Å²) in [6.07, 6.45) is 0. The molecule has 0 aliphatic rings. The number of rotatable bonds is 4. The fourth-order valence-electron chi connectivity index (χ4n) is 8.16. The highest BCUT2D eigenvalue weighted by Gasteiger charge is 2.25. The lowest BCUT2D eigenvalue weighted by atomic mass is 9.85. The van der Waals surface area contributed by atoms with E-state index in [1.165, 1.54) is 27.5 Å². The molecule has 6 aromatic carbocycles. The second-order valence-electron chi connectivity index (χ2n) is 18.6. The first-order valence-corrected chi connectivity index (χ1v) is 20.1. The van der Waals surface area contributed by atoms with Gasteiger partial charge in [0.05, 0.1) is 34.3 Å². The number of hydrogen-bond donors (Lipinski definition) is 0. The molecule has 0 atom stereocenters. The van der Waals surface area contributed by atoms with Crippen LogP contribution in [0.3, 0.4) is 0 Å². The first kappa shape index (κ1) is 37.0. The Morgan fingerprint density at radius 2 is 0.931 bits per heavy atom. The Labute approximate surface area is 340 Å². The third-order valence-electron chi connectivity index (χ3n) is 11.5. The van der Waals surface area contributed by atoms with E-state index in [2.05, 4.69) is 192 Å². The van der Waals surface area contributed by atoms with E-state index in [1.54, 1.807) is 0 Å². The Bertz CT molecular complexity index is 2990. The van der Waals surface area contributed by atoms with Crippen LogP contribution in [-0.4, -0.2) is 24.1 Å². The molecule has 0 saturated heterocycles. The molecule has 6 nitrogen and oxygen atoms in total. The van der Waals surface area contributed by atoms with E-state index in [-0.39, 0.29) is 16.2 Å². The minimum atomic E-state index is -0.0255. The van der Waals surface area contributed by atoms with Crippen molar-refractivity contribution < 1.29 is 0 Å². The molecule has 6 heteroatoms. The SMILES string of the molecule is [C-]#[N+]c1ccc(-n2c3ccc(C(C)(C)C)cc3c3cc(C(C)(C)C)ccc32)c(-c2nc(-c3ccc(C(C)(C)C)cc3)nc(-n3c4ccccc4c4ccccc43)n2)c1. The molecule has 0 unspecified atom stereocenters. The standard InChI is InChI=1S/C52H48N6/c1-50(2,3)33-21-19-32(20-22-33)47-54-48(56-49(55-47)58-42-17-13-11-15-37(42)38-16-12-14-18-43(38)58)41-31-36(53-10)25-28-46(41)57-44-26-23-34(51(4,5)6)29-39(44)40-30-35(52(7,8)9)24-27-45(40)57/h11-31H,1-9H3. The third kappa shape index (κ3) is 6.23. The van der Waals surface area contributed by atoms with Gasteiger partial charge in [0, 0.05) is 32.7 Å². The lowest BCUT2D eigenvalue weighted by Gasteiger charge is -2.20. The first-order valence-electron chi connectivity index (χ1n) is 20.1. The van der Waals surface area contributed by atoms with E-state index in [0.29, 0.717) is 23.3 Å². The zero-order valence-electron chi connectivity index (χ0n) is 34.8. The summed E-state index contributed by atoms with van der Waals surface area (Å²) in [6, 6.07) is 45.0. The number of hydrogen-bond acceptors (Lipinski definition) is 3. The normalized spacial score (nSPS) is 12.6. The van der Waals surface area contributed by atoms with Crippen molar-refractivity contribution >= 4 is 49.3 Å². The van der Waals surface area contributed by atoms with E-state index < -0.39 is 0 Å². The van der Waals surface area contributed by atoms with E-state index in [0.717, 1.165) is 49.7 Å². The molecule has 286 valence electrons. The van der Waals surface area contributed by atoms with Crippen LogP contribution in [0, 0.1) is 6.57 Å². The topological polar surface area (TPSA) is 52.9 Å². The van der Waals surface area contributed by atoms with Gasteiger partial charge < -0.3 is 4.57 Å². The highest BCUT2D eigenvalue weighted by Crippen LogP contribution is 2.41. The fourth-order valence-corrected chi connectivity index (χ4v) is 8.16. The van der Waals surface area contributed by atoms with Crippen LogP contribution >= 0.6 is 0 Å². The monoisotopic (exact) mass is 756 g/mol. The lowest BCUT2D eigenvalue weighted by molar-refractivity contribution is 0.590. The largest absolute Gasteiger partial charge is 0.309 e. The van der Waals surface area contributed by atoms with Crippen LogP contribution in [0.25, 0.3) is 82.9 Å². The lowest BCUT2D eigenvalue weighted by Crippen LogP contribution is -2.11. The number of nitrogens with zero attached hydrogens (tertiary/aromatic N) is 6. The molecule has 0 aliphatic heterocycles. The number of aromatic nitrogens is 5. The molecule has 9 aromatic rings. The molecule has 0 saturated carbocycles. The summed E-state index contributed by atoms with van der Waals surface area (Å²) in [6.45, 7) is 28.4.